The van der Waals surface area contributed by atoms with Crippen LogP contribution in [0, 0.1) is 0 Å². The van der Waals surface area contributed by atoms with E-state index >= 15 is 0 Å². The number of hydrogen-bond donors (Lipinski definition) is 2. The molecule has 0 bridgehead atoms. The summed E-state index contributed by atoms with van der Waals surface area (Å²) in [6.07, 6.45) is 0. The van der Waals surface area contributed by atoms with Gasteiger partial charge in [-0.2, -0.15) is 0 Å². The second-order valence-electron chi connectivity index (χ2n) is 6.67. The molecule has 2 N–H and O–H groups in total. The van der Waals surface area contributed by atoms with Crippen molar-refractivity contribution < 1.29 is 4.79 Å². The lowest BCUT2D eigenvalue weighted by molar-refractivity contribution is 0.0941. The van der Waals surface area contributed by atoms with E-state index in [0.29, 0.717) is 6.54 Å². The zero-order valence-corrected chi connectivity index (χ0v) is 15.8. The maximum absolute atomic E-state index is 12.9. The Bertz CT molecular complexity index is 1290. The van der Waals surface area contributed by atoms with E-state index in [0.717, 1.165) is 15.7 Å². The average molecular weight is 389 g/mol. The zero-order chi connectivity index (χ0) is 20.4. The second kappa shape index (κ2) is 7.59. The molecule has 29 heavy (non-hydrogen) atoms. The van der Waals surface area contributed by atoms with Crippen LogP contribution in [0.1, 0.15) is 21.7 Å². The molecule has 4 aromatic rings. The molecule has 0 atom stereocenters. The molecule has 0 spiro atoms. The molecule has 0 saturated heterocycles. The molecule has 0 aliphatic heterocycles. The maximum Gasteiger partial charge on any atom is 0.332 e. The molecule has 8 heteroatoms. The van der Waals surface area contributed by atoms with E-state index in [4.69, 9.17) is 0 Å². The van der Waals surface area contributed by atoms with Gasteiger partial charge in [0.1, 0.15) is 0 Å². The maximum atomic E-state index is 12.9. The van der Waals surface area contributed by atoms with Crippen LogP contribution in [-0.4, -0.2) is 25.0 Å². The zero-order valence-electron chi connectivity index (χ0n) is 15.8. The smallest absolute Gasteiger partial charge is 0.332 e. The molecule has 0 unspecified atom stereocenters. The van der Waals surface area contributed by atoms with Gasteiger partial charge in [0.25, 0.3) is 11.5 Å². The van der Waals surface area contributed by atoms with Gasteiger partial charge in [0, 0.05) is 13.6 Å². The molecular weight excluding hydrogens is 370 g/mol. The summed E-state index contributed by atoms with van der Waals surface area (Å²) in [5.74, 6) is -0.466. The topological polar surface area (TPSA) is 102 Å². The van der Waals surface area contributed by atoms with Crippen LogP contribution >= 0.6 is 0 Å². The number of fused-ring (bicyclic) bond motifs is 1. The van der Waals surface area contributed by atoms with Crippen molar-refractivity contribution in [1.29, 1.82) is 0 Å². The number of nitrogens with one attached hydrogen (secondary N) is 2. The van der Waals surface area contributed by atoms with Gasteiger partial charge in [-0.15, -0.1) is 0 Å². The minimum atomic E-state index is -0.512. The molecule has 0 radical (unpaired) electrons. The molecule has 2 heterocycles. The third kappa shape index (κ3) is 3.60. The molecule has 0 aliphatic rings. The molecule has 0 saturated carbocycles. The van der Waals surface area contributed by atoms with Crippen molar-refractivity contribution in [2.24, 2.45) is 7.05 Å². The van der Waals surface area contributed by atoms with Gasteiger partial charge >= 0.3 is 5.69 Å². The Balaban J connectivity index is 1.67. The highest BCUT2D eigenvalue weighted by atomic mass is 16.2. The summed E-state index contributed by atoms with van der Waals surface area (Å²) >= 11 is 0. The molecule has 2 aromatic carbocycles. The highest BCUT2D eigenvalue weighted by molar-refractivity contribution is 5.93. The van der Waals surface area contributed by atoms with Crippen LogP contribution in [0.4, 0.5) is 0 Å². The Hall–Kier alpha value is -3.94. The number of carbonyl (C=O) groups excluding carboxylic acids is 1. The number of aromatic amines is 1. The molecule has 8 nitrogen and oxygen atoms in total. The highest BCUT2D eigenvalue weighted by Gasteiger charge is 2.18. The number of imidazole rings is 1. The molecule has 4 rings (SSSR count). The highest BCUT2D eigenvalue weighted by Crippen LogP contribution is 2.07. The van der Waals surface area contributed by atoms with Crippen molar-refractivity contribution in [3.8, 4) is 0 Å². The van der Waals surface area contributed by atoms with Crippen LogP contribution in [0.2, 0.25) is 0 Å². The van der Waals surface area contributed by atoms with Gasteiger partial charge in [0.05, 0.1) is 6.54 Å². The summed E-state index contributed by atoms with van der Waals surface area (Å²) < 4.78 is 2.39. The van der Waals surface area contributed by atoms with Crippen LogP contribution < -0.4 is 16.6 Å². The molecule has 146 valence electrons. The van der Waals surface area contributed by atoms with Gasteiger partial charge in [0.15, 0.2) is 17.0 Å². The Labute approximate surface area is 165 Å². The van der Waals surface area contributed by atoms with E-state index in [1.54, 1.807) is 0 Å². The first-order chi connectivity index (χ1) is 14.0. The van der Waals surface area contributed by atoms with Crippen molar-refractivity contribution in [3.05, 3.63) is 98.5 Å². The molecule has 1 amide bonds. The number of amides is 1. The monoisotopic (exact) mass is 389 g/mol. The lowest BCUT2D eigenvalue weighted by Gasteiger charge is -2.07. The summed E-state index contributed by atoms with van der Waals surface area (Å²) in [5, 5.41) is 2.76. The first kappa shape index (κ1) is 18.4. The lowest BCUT2D eigenvalue weighted by atomic mass is 10.2. The fourth-order valence-electron chi connectivity index (χ4n) is 3.12. The fourth-order valence-corrected chi connectivity index (χ4v) is 3.12. The van der Waals surface area contributed by atoms with E-state index in [2.05, 4.69) is 15.3 Å². The van der Waals surface area contributed by atoms with E-state index in [1.807, 2.05) is 60.7 Å². The minimum absolute atomic E-state index is 0.0134. The van der Waals surface area contributed by atoms with Crippen molar-refractivity contribution in [3.63, 3.8) is 0 Å². The van der Waals surface area contributed by atoms with Gasteiger partial charge < -0.3 is 10.3 Å². The SMILES string of the molecule is Cn1c(=O)n(Cc2ccccc2)c(=O)c2[nH]c(C(=O)NCc3ccccc3)nc21. The van der Waals surface area contributed by atoms with Crippen molar-refractivity contribution in [1.82, 2.24) is 24.4 Å². The Morgan fingerprint density at radius 1 is 1.00 bits per heavy atom. The van der Waals surface area contributed by atoms with Crippen molar-refractivity contribution in [2.75, 3.05) is 0 Å². The van der Waals surface area contributed by atoms with Gasteiger partial charge in [-0.1, -0.05) is 60.7 Å². The Kier molecular flexibility index (Phi) is 4.82. The van der Waals surface area contributed by atoms with Crippen molar-refractivity contribution in [2.45, 2.75) is 13.1 Å². The Morgan fingerprint density at radius 3 is 2.28 bits per heavy atom. The largest absolute Gasteiger partial charge is 0.345 e. The average Bonchev–Trinajstić information content (AvgIpc) is 3.21. The lowest BCUT2D eigenvalue weighted by Crippen LogP contribution is -2.39. The van der Waals surface area contributed by atoms with Crippen LogP contribution in [0.15, 0.2) is 70.3 Å². The number of aromatic nitrogens is 4. The van der Waals surface area contributed by atoms with Gasteiger partial charge in [-0.3, -0.25) is 18.7 Å². The number of nitrogens with zero attached hydrogens (tertiary/aromatic N) is 3. The number of carbonyl (C=O) groups is 1. The predicted molar refractivity (Wildman–Crippen MR) is 109 cm³/mol. The summed E-state index contributed by atoms with van der Waals surface area (Å²) in [6.45, 7) is 0.463. The van der Waals surface area contributed by atoms with Gasteiger partial charge in [0.2, 0.25) is 0 Å². The van der Waals surface area contributed by atoms with Gasteiger partial charge in [-0.25, -0.2) is 9.78 Å². The third-order valence-corrected chi connectivity index (χ3v) is 4.67. The predicted octanol–water partition coefficient (Wildman–Crippen LogP) is 1.40. The third-order valence-electron chi connectivity index (χ3n) is 4.67. The van der Waals surface area contributed by atoms with E-state index in [1.165, 1.54) is 11.6 Å². The number of H-pyrrole nitrogens is 1. The van der Waals surface area contributed by atoms with Gasteiger partial charge in [-0.05, 0) is 11.1 Å². The second-order valence-corrected chi connectivity index (χ2v) is 6.67. The van der Waals surface area contributed by atoms with E-state index in [9.17, 15) is 14.4 Å². The summed E-state index contributed by atoms with van der Waals surface area (Å²) in [6, 6.07) is 18.7. The first-order valence-electron chi connectivity index (χ1n) is 9.10. The number of aryl methyl sites for hydroxylation is 1. The summed E-state index contributed by atoms with van der Waals surface area (Å²) in [7, 11) is 1.53. The van der Waals surface area contributed by atoms with E-state index < -0.39 is 17.2 Å². The number of rotatable bonds is 5. The Morgan fingerprint density at radius 2 is 1.62 bits per heavy atom. The minimum Gasteiger partial charge on any atom is -0.345 e. The van der Waals surface area contributed by atoms with Crippen LogP contribution in [0.25, 0.3) is 11.2 Å². The summed E-state index contributed by atoms with van der Waals surface area (Å²) in [5.41, 5.74) is 1.03. The number of benzene rings is 2. The van der Waals surface area contributed by atoms with E-state index in [-0.39, 0.29) is 23.5 Å². The standard InChI is InChI=1S/C21H19N5O3/c1-25-18-16(20(28)26(21(25)29)13-15-10-6-3-7-11-15)23-17(24-18)19(27)22-12-14-8-4-2-5-9-14/h2-11H,12-13H2,1H3,(H,22,27)(H,23,24). The van der Waals surface area contributed by atoms with Crippen LogP contribution in [0.5, 0.6) is 0 Å². The molecular formula is C21H19N5O3. The fraction of sp³-hybridized carbons (Fsp3) is 0.143. The molecule has 2 aromatic heterocycles. The normalized spacial score (nSPS) is 10.9. The quantitative estimate of drug-likeness (QED) is 0.539. The summed E-state index contributed by atoms with van der Waals surface area (Å²) in [4.78, 5) is 45.0. The first-order valence-corrected chi connectivity index (χ1v) is 9.10. The van der Waals surface area contributed by atoms with Crippen molar-refractivity contribution >= 4 is 17.1 Å². The molecule has 0 aliphatic carbocycles. The van der Waals surface area contributed by atoms with Crippen LogP contribution in [-0.2, 0) is 20.1 Å². The van der Waals surface area contributed by atoms with Crippen LogP contribution in [0.3, 0.4) is 0 Å². The molecule has 0 fully saturated rings. The number of hydrogen-bond acceptors (Lipinski definition) is 4.